The molecule has 0 fully saturated rings. The minimum absolute atomic E-state index is 0.0722. The summed E-state index contributed by atoms with van der Waals surface area (Å²) in [6, 6.07) is 0.826. The third kappa shape index (κ3) is 4.75. The molecule has 0 atom stereocenters. The maximum absolute atomic E-state index is 10.6. The second-order valence-electron chi connectivity index (χ2n) is 4.55. The number of carboxylic acid groups (broad SMARTS) is 1. The number of nitrogens with one attached hydrogen (secondary N) is 1. The first-order chi connectivity index (χ1) is 8.50. The fourth-order valence-corrected chi connectivity index (χ4v) is 1.39. The van der Waals surface area contributed by atoms with Gasteiger partial charge in [-0.3, -0.25) is 0 Å². The van der Waals surface area contributed by atoms with Gasteiger partial charge in [0.1, 0.15) is 6.26 Å². The molecular formula is C12H21N3O3. The molecule has 0 aromatic carbocycles. The molecule has 0 aliphatic heterocycles. The van der Waals surface area contributed by atoms with E-state index in [4.69, 9.17) is 9.52 Å². The lowest BCUT2D eigenvalue weighted by Crippen LogP contribution is -2.27. The highest BCUT2D eigenvalue weighted by atomic mass is 16.4. The number of hydrogen-bond donors (Lipinski definition) is 2. The van der Waals surface area contributed by atoms with Crippen molar-refractivity contribution in [3.8, 4) is 0 Å². The molecule has 6 heteroatoms. The van der Waals surface area contributed by atoms with E-state index >= 15 is 0 Å². The van der Waals surface area contributed by atoms with Crippen molar-refractivity contribution in [3.63, 3.8) is 0 Å². The zero-order valence-corrected chi connectivity index (χ0v) is 11.1. The van der Waals surface area contributed by atoms with Gasteiger partial charge in [0.05, 0.1) is 0 Å². The van der Waals surface area contributed by atoms with Crippen LogP contribution in [0.1, 0.15) is 37.2 Å². The van der Waals surface area contributed by atoms with E-state index in [1.165, 1.54) is 0 Å². The lowest BCUT2D eigenvalue weighted by Gasteiger charge is -2.20. The number of rotatable bonds is 8. The third-order valence-electron chi connectivity index (χ3n) is 2.82. The fraction of sp³-hybridized carbons (Fsp3) is 0.667. The van der Waals surface area contributed by atoms with E-state index in [2.05, 4.69) is 36.1 Å². The molecule has 0 saturated heterocycles. The normalized spacial score (nSPS) is 11.2. The molecule has 18 heavy (non-hydrogen) atoms. The Bertz CT molecular complexity index is 376. The SMILES string of the molecule is CC(C)N(C)CCCCNc1nc(C(=O)O)co1. The molecule has 1 rings (SSSR count). The number of aromatic carboxylic acids is 1. The molecule has 6 nitrogen and oxygen atoms in total. The predicted molar refractivity (Wildman–Crippen MR) is 69.0 cm³/mol. The Hall–Kier alpha value is -1.56. The summed E-state index contributed by atoms with van der Waals surface area (Å²) in [7, 11) is 2.10. The average Bonchev–Trinajstić information content (AvgIpc) is 2.77. The Kier molecular flexibility index (Phi) is 5.64. The first-order valence-electron chi connectivity index (χ1n) is 6.13. The number of oxazole rings is 1. The summed E-state index contributed by atoms with van der Waals surface area (Å²) in [4.78, 5) is 16.6. The number of carbonyl (C=O) groups is 1. The van der Waals surface area contributed by atoms with E-state index in [0.29, 0.717) is 6.04 Å². The standard InChI is InChI=1S/C12H21N3O3/c1-9(2)15(3)7-5-4-6-13-12-14-10(8-18-12)11(16)17/h8-9H,4-7H2,1-3H3,(H,13,14)(H,16,17). The second-order valence-corrected chi connectivity index (χ2v) is 4.55. The van der Waals surface area contributed by atoms with E-state index in [1.807, 2.05) is 0 Å². The molecular weight excluding hydrogens is 234 g/mol. The second kappa shape index (κ2) is 7.00. The largest absolute Gasteiger partial charge is 0.476 e. The average molecular weight is 255 g/mol. The monoisotopic (exact) mass is 255 g/mol. The van der Waals surface area contributed by atoms with Crippen LogP contribution < -0.4 is 5.32 Å². The van der Waals surface area contributed by atoms with Crippen LogP contribution >= 0.6 is 0 Å². The molecule has 0 bridgehead atoms. The number of hydrogen-bond acceptors (Lipinski definition) is 5. The first-order valence-corrected chi connectivity index (χ1v) is 6.13. The molecule has 1 aromatic rings. The fourth-order valence-electron chi connectivity index (χ4n) is 1.39. The van der Waals surface area contributed by atoms with Crippen LogP contribution in [0.15, 0.2) is 10.7 Å². The van der Waals surface area contributed by atoms with Crippen LogP contribution in [0.3, 0.4) is 0 Å². The van der Waals surface area contributed by atoms with Crippen molar-refractivity contribution in [1.29, 1.82) is 0 Å². The van der Waals surface area contributed by atoms with Crippen LogP contribution in [0.2, 0.25) is 0 Å². The van der Waals surface area contributed by atoms with Gasteiger partial charge in [0.15, 0.2) is 5.69 Å². The van der Waals surface area contributed by atoms with Crippen LogP contribution in [0.4, 0.5) is 6.01 Å². The molecule has 1 aromatic heterocycles. The molecule has 0 aliphatic rings. The Morgan fingerprint density at radius 2 is 2.28 bits per heavy atom. The van der Waals surface area contributed by atoms with Gasteiger partial charge in [-0.2, -0.15) is 4.98 Å². The zero-order valence-electron chi connectivity index (χ0n) is 11.1. The van der Waals surface area contributed by atoms with Gasteiger partial charge in [-0.25, -0.2) is 4.79 Å². The van der Waals surface area contributed by atoms with Crippen molar-refractivity contribution in [2.24, 2.45) is 0 Å². The number of anilines is 1. The number of unbranched alkanes of at least 4 members (excludes halogenated alkanes) is 1. The van der Waals surface area contributed by atoms with E-state index in [-0.39, 0.29) is 11.7 Å². The maximum atomic E-state index is 10.6. The van der Waals surface area contributed by atoms with Gasteiger partial charge >= 0.3 is 5.97 Å². The van der Waals surface area contributed by atoms with Gasteiger partial charge in [0.2, 0.25) is 0 Å². The third-order valence-corrected chi connectivity index (χ3v) is 2.82. The Balaban J connectivity index is 2.16. The number of aromatic nitrogens is 1. The molecule has 2 N–H and O–H groups in total. The van der Waals surface area contributed by atoms with Crippen LogP contribution in [0.5, 0.6) is 0 Å². The Morgan fingerprint density at radius 1 is 1.56 bits per heavy atom. The molecule has 0 unspecified atom stereocenters. The minimum atomic E-state index is -1.08. The highest BCUT2D eigenvalue weighted by Gasteiger charge is 2.09. The molecule has 0 radical (unpaired) electrons. The molecule has 1 heterocycles. The van der Waals surface area contributed by atoms with Gasteiger partial charge < -0.3 is 19.7 Å². The highest BCUT2D eigenvalue weighted by molar-refractivity contribution is 5.85. The molecule has 0 saturated carbocycles. The lowest BCUT2D eigenvalue weighted by molar-refractivity contribution is 0.0690. The summed E-state index contributed by atoms with van der Waals surface area (Å²) < 4.78 is 4.98. The number of carboxylic acids is 1. The summed E-state index contributed by atoms with van der Waals surface area (Å²) in [5, 5.41) is 11.6. The number of nitrogens with zero attached hydrogens (tertiary/aromatic N) is 2. The van der Waals surface area contributed by atoms with Crippen LogP contribution in [0.25, 0.3) is 0 Å². The highest BCUT2D eigenvalue weighted by Crippen LogP contribution is 2.07. The van der Waals surface area contributed by atoms with E-state index in [1.54, 1.807) is 0 Å². The maximum Gasteiger partial charge on any atom is 0.357 e. The molecule has 0 aliphatic carbocycles. The van der Waals surface area contributed by atoms with Crippen molar-refractivity contribution in [3.05, 3.63) is 12.0 Å². The quantitative estimate of drug-likeness (QED) is 0.691. The summed E-state index contributed by atoms with van der Waals surface area (Å²) in [5.74, 6) is -1.08. The Morgan fingerprint density at radius 3 is 2.83 bits per heavy atom. The van der Waals surface area contributed by atoms with Gasteiger partial charge in [-0.15, -0.1) is 0 Å². The topological polar surface area (TPSA) is 78.6 Å². The molecule has 0 amide bonds. The summed E-state index contributed by atoms with van der Waals surface area (Å²) >= 11 is 0. The summed E-state index contributed by atoms with van der Waals surface area (Å²) in [6.45, 7) is 6.10. The van der Waals surface area contributed by atoms with Gasteiger partial charge in [-0.1, -0.05) is 0 Å². The van der Waals surface area contributed by atoms with Crippen molar-refractivity contribution in [2.75, 3.05) is 25.5 Å². The van der Waals surface area contributed by atoms with Crippen molar-refractivity contribution in [2.45, 2.75) is 32.7 Å². The van der Waals surface area contributed by atoms with E-state index in [9.17, 15) is 4.79 Å². The summed E-state index contributed by atoms with van der Waals surface area (Å²) in [6.07, 6.45) is 3.20. The smallest absolute Gasteiger partial charge is 0.357 e. The summed E-state index contributed by atoms with van der Waals surface area (Å²) in [5.41, 5.74) is -0.0722. The lowest BCUT2D eigenvalue weighted by atomic mass is 10.2. The van der Waals surface area contributed by atoms with E-state index in [0.717, 1.165) is 32.2 Å². The van der Waals surface area contributed by atoms with Gasteiger partial charge in [-0.05, 0) is 40.3 Å². The van der Waals surface area contributed by atoms with Crippen LogP contribution in [0, 0.1) is 0 Å². The molecule has 0 spiro atoms. The predicted octanol–water partition coefficient (Wildman–Crippen LogP) is 1.91. The molecule has 102 valence electrons. The van der Waals surface area contributed by atoms with Gasteiger partial charge in [0, 0.05) is 12.6 Å². The van der Waals surface area contributed by atoms with Crippen LogP contribution in [-0.4, -0.2) is 47.1 Å². The Labute approximate surface area is 107 Å². The van der Waals surface area contributed by atoms with Gasteiger partial charge in [0.25, 0.3) is 6.01 Å². The first kappa shape index (κ1) is 14.5. The zero-order chi connectivity index (χ0) is 13.5. The van der Waals surface area contributed by atoms with Crippen molar-refractivity contribution in [1.82, 2.24) is 9.88 Å². The van der Waals surface area contributed by atoms with E-state index < -0.39 is 5.97 Å². The minimum Gasteiger partial charge on any atom is -0.476 e. The van der Waals surface area contributed by atoms with Crippen molar-refractivity contribution < 1.29 is 14.3 Å². The van der Waals surface area contributed by atoms with Crippen LogP contribution in [-0.2, 0) is 0 Å². The van der Waals surface area contributed by atoms with Crippen molar-refractivity contribution >= 4 is 12.0 Å².